The minimum atomic E-state index is -0.150. The number of benzene rings is 1. The van der Waals surface area contributed by atoms with Crippen molar-refractivity contribution in [1.29, 1.82) is 0 Å². The van der Waals surface area contributed by atoms with Crippen LogP contribution in [0, 0.1) is 11.3 Å². The van der Waals surface area contributed by atoms with Gasteiger partial charge in [0.1, 0.15) is 0 Å². The molecule has 1 aliphatic heterocycles. The Morgan fingerprint density at radius 3 is 2.88 bits per heavy atom. The number of carbonyl (C=O) groups excluding carboxylic acids is 1. The Morgan fingerprint density at radius 1 is 1.36 bits per heavy atom. The number of hydrogen-bond donors (Lipinski definition) is 2. The SMILES string of the molecule is CC1(C)[C@H](NC(=O)Nc2ccc(Cn3cccn3)cc2)[C@@H]2CCO[C@H]21. The molecule has 1 saturated carbocycles. The number of rotatable bonds is 4. The Bertz CT molecular complexity index is 739. The third kappa shape index (κ3) is 3.02. The average molecular weight is 340 g/mol. The second-order valence-electron chi connectivity index (χ2n) is 7.54. The van der Waals surface area contributed by atoms with Crippen LogP contribution < -0.4 is 10.6 Å². The second-order valence-corrected chi connectivity index (χ2v) is 7.54. The molecule has 6 nitrogen and oxygen atoms in total. The van der Waals surface area contributed by atoms with Crippen LogP contribution in [0.25, 0.3) is 0 Å². The normalized spacial score (nSPS) is 26.6. The van der Waals surface area contributed by atoms with Crippen molar-refractivity contribution in [3.05, 3.63) is 48.3 Å². The Kier molecular flexibility index (Phi) is 4.00. The van der Waals surface area contributed by atoms with Crippen LogP contribution in [0.15, 0.2) is 42.7 Å². The lowest BCUT2D eigenvalue weighted by atomic mass is 9.57. The lowest BCUT2D eigenvalue weighted by molar-refractivity contribution is -0.107. The van der Waals surface area contributed by atoms with Gasteiger partial charge in [0, 0.05) is 42.1 Å². The highest BCUT2D eigenvalue weighted by Gasteiger charge is 2.59. The topological polar surface area (TPSA) is 68.2 Å². The first kappa shape index (κ1) is 16.1. The van der Waals surface area contributed by atoms with Crippen LogP contribution in [-0.4, -0.2) is 34.6 Å². The standard InChI is InChI=1S/C19H24N4O2/c1-19(2)16(15-8-11-25-17(15)19)22-18(24)21-14-6-4-13(5-7-14)12-23-10-3-9-20-23/h3-7,9-10,15-17H,8,11-12H2,1-2H3,(H2,21,22,24)/t15-,16+,17+/m0/s1. The van der Waals surface area contributed by atoms with Crippen LogP contribution >= 0.6 is 0 Å². The molecule has 2 N–H and O–H groups in total. The van der Waals surface area contributed by atoms with Crippen LogP contribution in [0.4, 0.5) is 10.5 Å². The van der Waals surface area contributed by atoms with Crippen molar-refractivity contribution < 1.29 is 9.53 Å². The molecule has 2 heterocycles. The van der Waals surface area contributed by atoms with E-state index in [9.17, 15) is 4.79 Å². The third-order valence-corrected chi connectivity index (χ3v) is 5.50. The molecule has 1 aliphatic carbocycles. The molecular formula is C19H24N4O2. The van der Waals surface area contributed by atoms with E-state index in [1.807, 2.05) is 41.2 Å². The molecule has 1 aromatic heterocycles. The molecule has 2 aliphatic rings. The molecule has 2 amide bonds. The van der Waals surface area contributed by atoms with Crippen LogP contribution in [0.5, 0.6) is 0 Å². The van der Waals surface area contributed by atoms with E-state index in [-0.39, 0.29) is 23.6 Å². The number of nitrogens with zero attached hydrogens (tertiary/aromatic N) is 2. The van der Waals surface area contributed by atoms with Gasteiger partial charge in [0.2, 0.25) is 0 Å². The molecule has 1 aromatic carbocycles. The van der Waals surface area contributed by atoms with Gasteiger partial charge in [-0.1, -0.05) is 26.0 Å². The van der Waals surface area contributed by atoms with E-state index in [1.165, 1.54) is 0 Å². The quantitative estimate of drug-likeness (QED) is 0.899. The first-order valence-corrected chi connectivity index (χ1v) is 8.79. The number of urea groups is 1. The van der Waals surface area contributed by atoms with E-state index in [0.717, 1.165) is 30.8 Å². The number of carbonyl (C=O) groups is 1. The predicted molar refractivity (Wildman–Crippen MR) is 95.3 cm³/mol. The van der Waals surface area contributed by atoms with Crippen molar-refractivity contribution in [3.63, 3.8) is 0 Å². The van der Waals surface area contributed by atoms with Gasteiger partial charge < -0.3 is 15.4 Å². The summed E-state index contributed by atoms with van der Waals surface area (Å²) in [6.45, 7) is 5.85. The summed E-state index contributed by atoms with van der Waals surface area (Å²) < 4.78 is 7.64. The first-order chi connectivity index (χ1) is 12.0. The number of hydrogen-bond acceptors (Lipinski definition) is 3. The largest absolute Gasteiger partial charge is 0.377 e. The number of fused-ring (bicyclic) bond motifs is 1. The molecule has 0 bridgehead atoms. The van der Waals surface area contributed by atoms with Gasteiger partial charge in [-0.15, -0.1) is 0 Å². The second kappa shape index (κ2) is 6.19. The molecule has 2 fully saturated rings. The minimum absolute atomic E-state index is 0.00781. The van der Waals surface area contributed by atoms with Crippen molar-refractivity contribution in [3.8, 4) is 0 Å². The smallest absolute Gasteiger partial charge is 0.319 e. The molecule has 4 rings (SSSR count). The van der Waals surface area contributed by atoms with Gasteiger partial charge in [0.15, 0.2) is 0 Å². The summed E-state index contributed by atoms with van der Waals surface area (Å²) >= 11 is 0. The molecule has 0 unspecified atom stereocenters. The highest BCUT2D eigenvalue weighted by atomic mass is 16.5. The van der Waals surface area contributed by atoms with Crippen LogP contribution in [0.1, 0.15) is 25.8 Å². The van der Waals surface area contributed by atoms with E-state index in [0.29, 0.717) is 5.92 Å². The Morgan fingerprint density at radius 2 is 2.16 bits per heavy atom. The van der Waals surface area contributed by atoms with Crippen molar-refractivity contribution >= 4 is 11.7 Å². The fraction of sp³-hybridized carbons (Fsp3) is 0.474. The van der Waals surface area contributed by atoms with Crippen molar-refractivity contribution in [2.75, 3.05) is 11.9 Å². The fourth-order valence-corrected chi connectivity index (χ4v) is 4.20. The summed E-state index contributed by atoms with van der Waals surface area (Å²) in [5.41, 5.74) is 1.92. The van der Waals surface area contributed by atoms with E-state index < -0.39 is 0 Å². The lowest BCUT2D eigenvalue weighted by Crippen LogP contribution is -2.67. The third-order valence-electron chi connectivity index (χ3n) is 5.50. The predicted octanol–water partition coefficient (Wildman–Crippen LogP) is 2.87. The summed E-state index contributed by atoms with van der Waals surface area (Å²) in [4.78, 5) is 12.4. The van der Waals surface area contributed by atoms with Gasteiger partial charge in [0.05, 0.1) is 12.6 Å². The molecule has 2 aromatic rings. The Hall–Kier alpha value is -2.34. The maximum absolute atomic E-state index is 12.4. The summed E-state index contributed by atoms with van der Waals surface area (Å²) in [5, 5.41) is 10.3. The summed E-state index contributed by atoms with van der Waals surface area (Å²) in [6.07, 6.45) is 5.00. The van der Waals surface area contributed by atoms with Gasteiger partial charge in [-0.3, -0.25) is 4.68 Å². The van der Waals surface area contributed by atoms with Crippen molar-refractivity contribution in [2.24, 2.45) is 11.3 Å². The average Bonchev–Trinajstić information content (AvgIpc) is 3.25. The molecule has 3 atom stereocenters. The number of aromatic nitrogens is 2. The van der Waals surface area contributed by atoms with E-state index in [4.69, 9.17) is 4.74 Å². The summed E-state index contributed by atoms with van der Waals surface area (Å²) in [7, 11) is 0. The van der Waals surface area contributed by atoms with Gasteiger partial charge >= 0.3 is 6.03 Å². The molecule has 0 spiro atoms. The van der Waals surface area contributed by atoms with Gasteiger partial charge in [0.25, 0.3) is 0 Å². The monoisotopic (exact) mass is 340 g/mol. The zero-order valence-electron chi connectivity index (χ0n) is 14.6. The van der Waals surface area contributed by atoms with E-state index in [1.54, 1.807) is 6.20 Å². The number of anilines is 1. The van der Waals surface area contributed by atoms with Gasteiger partial charge in [-0.25, -0.2) is 4.79 Å². The lowest BCUT2D eigenvalue weighted by Gasteiger charge is -2.54. The Labute approximate surface area is 147 Å². The summed E-state index contributed by atoms with van der Waals surface area (Å²) in [6, 6.07) is 9.78. The number of nitrogens with one attached hydrogen (secondary N) is 2. The minimum Gasteiger partial charge on any atom is -0.377 e. The molecule has 132 valence electrons. The molecule has 6 heteroatoms. The van der Waals surface area contributed by atoms with Crippen LogP contribution in [0.3, 0.4) is 0 Å². The molecular weight excluding hydrogens is 316 g/mol. The maximum Gasteiger partial charge on any atom is 0.319 e. The highest BCUT2D eigenvalue weighted by molar-refractivity contribution is 5.89. The first-order valence-electron chi connectivity index (χ1n) is 8.79. The fourth-order valence-electron chi connectivity index (χ4n) is 4.20. The van der Waals surface area contributed by atoms with Crippen molar-refractivity contribution in [1.82, 2.24) is 15.1 Å². The molecule has 1 saturated heterocycles. The van der Waals surface area contributed by atoms with Crippen LogP contribution in [0.2, 0.25) is 0 Å². The maximum atomic E-state index is 12.4. The molecule has 0 radical (unpaired) electrons. The van der Waals surface area contributed by atoms with E-state index >= 15 is 0 Å². The van der Waals surface area contributed by atoms with Crippen molar-refractivity contribution in [2.45, 2.75) is 39.0 Å². The number of amides is 2. The van der Waals surface area contributed by atoms with Gasteiger partial charge in [-0.05, 0) is 30.2 Å². The molecule has 25 heavy (non-hydrogen) atoms. The highest BCUT2D eigenvalue weighted by Crippen LogP contribution is 2.52. The van der Waals surface area contributed by atoms with Crippen LogP contribution in [-0.2, 0) is 11.3 Å². The van der Waals surface area contributed by atoms with Gasteiger partial charge in [-0.2, -0.15) is 5.10 Å². The Balaban J connectivity index is 1.33. The van der Waals surface area contributed by atoms with E-state index in [2.05, 4.69) is 29.6 Å². The summed E-state index contributed by atoms with van der Waals surface area (Å²) in [5.74, 6) is 0.442. The zero-order chi connectivity index (χ0) is 17.4. The zero-order valence-corrected chi connectivity index (χ0v) is 14.6. The number of ether oxygens (including phenoxy) is 1.